The molecule has 2 heterocycles. The molecule has 1 aliphatic rings. The molecule has 0 spiro atoms. The first kappa shape index (κ1) is 14.1. The first-order valence-corrected chi connectivity index (χ1v) is 6.53. The van der Waals surface area contributed by atoms with E-state index in [0.29, 0.717) is 0 Å². The third-order valence-electron chi connectivity index (χ3n) is 2.75. The van der Waals surface area contributed by atoms with Gasteiger partial charge in [-0.2, -0.15) is 9.78 Å². The van der Waals surface area contributed by atoms with Gasteiger partial charge in [-0.1, -0.05) is 11.8 Å². The van der Waals surface area contributed by atoms with Gasteiger partial charge >= 0.3 is 0 Å². The number of hydrogen-bond acceptors (Lipinski definition) is 5. The van der Waals surface area contributed by atoms with Crippen LogP contribution in [0.3, 0.4) is 0 Å². The van der Waals surface area contributed by atoms with Crippen molar-refractivity contribution in [1.29, 1.82) is 0 Å². The van der Waals surface area contributed by atoms with Crippen molar-refractivity contribution in [2.24, 2.45) is 5.10 Å². The van der Waals surface area contributed by atoms with Crippen LogP contribution >= 0.6 is 28.7 Å². The van der Waals surface area contributed by atoms with Gasteiger partial charge in [0.15, 0.2) is 5.82 Å². The number of hydrogen-bond donors (Lipinski definition) is 0. The summed E-state index contributed by atoms with van der Waals surface area (Å²) in [6.45, 7) is 1.90. The van der Waals surface area contributed by atoms with Crippen molar-refractivity contribution in [2.75, 3.05) is 12.9 Å². The molecular formula is C12H13BrN4OS. The van der Waals surface area contributed by atoms with Crippen molar-refractivity contribution in [2.45, 2.75) is 12.1 Å². The molecular weight excluding hydrogens is 328 g/mol. The van der Waals surface area contributed by atoms with E-state index >= 15 is 0 Å². The van der Waals surface area contributed by atoms with Crippen LogP contribution in [0.1, 0.15) is 11.4 Å². The SMILES string of the molecule is Br.COc1ccc(C2=Nn3c(C)nnc3SC2)cc1. The van der Waals surface area contributed by atoms with Gasteiger partial charge in [-0.3, -0.25) is 0 Å². The predicted octanol–water partition coefficient (Wildman–Crippen LogP) is 2.53. The minimum absolute atomic E-state index is 0. The first-order chi connectivity index (χ1) is 8.78. The van der Waals surface area contributed by atoms with E-state index in [-0.39, 0.29) is 17.0 Å². The fourth-order valence-corrected chi connectivity index (χ4v) is 2.63. The van der Waals surface area contributed by atoms with E-state index in [0.717, 1.165) is 33.8 Å². The summed E-state index contributed by atoms with van der Waals surface area (Å²) in [5, 5.41) is 13.5. The Morgan fingerprint density at radius 3 is 2.63 bits per heavy atom. The molecule has 2 aromatic rings. The molecule has 0 fully saturated rings. The molecule has 0 saturated carbocycles. The monoisotopic (exact) mass is 340 g/mol. The van der Waals surface area contributed by atoms with Gasteiger partial charge in [-0.25, -0.2) is 0 Å². The molecule has 19 heavy (non-hydrogen) atoms. The summed E-state index contributed by atoms with van der Waals surface area (Å²) in [6.07, 6.45) is 0. The van der Waals surface area contributed by atoms with Gasteiger partial charge in [0.2, 0.25) is 5.16 Å². The third kappa shape index (κ3) is 2.66. The topological polar surface area (TPSA) is 52.3 Å². The molecule has 0 radical (unpaired) electrons. The van der Waals surface area contributed by atoms with Gasteiger partial charge in [0.1, 0.15) is 5.75 Å². The molecule has 0 aliphatic carbocycles. The Balaban J connectivity index is 0.00000133. The average Bonchev–Trinajstić information content (AvgIpc) is 2.80. The van der Waals surface area contributed by atoms with E-state index in [4.69, 9.17) is 4.74 Å². The number of methoxy groups -OCH3 is 1. The molecule has 100 valence electrons. The van der Waals surface area contributed by atoms with Gasteiger partial charge in [0, 0.05) is 5.75 Å². The highest BCUT2D eigenvalue weighted by Crippen LogP contribution is 2.24. The number of nitrogens with zero attached hydrogens (tertiary/aromatic N) is 4. The Morgan fingerprint density at radius 2 is 1.95 bits per heavy atom. The fourth-order valence-electron chi connectivity index (χ4n) is 1.75. The standard InChI is InChI=1S/C12H12N4OS.BrH/c1-8-13-14-12-16(8)15-11(7-18-12)9-3-5-10(17-2)6-4-9;/h3-6H,7H2,1-2H3;1H. The minimum Gasteiger partial charge on any atom is -0.497 e. The van der Waals surface area contributed by atoms with Gasteiger partial charge < -0.3 is 4.74 Å². The Bertz CT molecular complexity index is 609. The number of halogens is 1. The Hall–Kier alpha value is -1.34. The number of benzene rings is 1. The Labute approximate surface area is 125 Å². The van der Waals surface area contributed by atoms with E-state index in [1.165, 1.54) is 0 Å². The van der Waals surface area contributed by atoms with Crippen molar-refractivity contribution in [3.05, 3.63) is 35.7 Å². The molecule has 0 saturated heterocycles. The summed E-state index contributed by atoms with van der Waals surface area (Å²) in [7, 11) is 1.66. The summed E-state index contributed by atoms with van der Waals surface area (Å²) >= 11 is 1.65. The van der Waals surface area contributed by atoms with Gasteiger partial charge in [0.05, 0.1) is 12.8 Å². The lowest BCUT2D eigenvalue weighted by Gasteiger charge is -2.13. The lowest BCUT2D eigenvalue weighted by molar-refractivity contribution is 0.415. The maximum absolute atomic E-state index is 5.15. The summed E-state index contributed by atoms with van der Waals surface area (Å²) < 4.78 is 6.93. The zero-order valence-corrected chi connectivity index (χ0v) is 13.1. The van der Waals surface area contributed by atoms with Gasteiger partial charge in [0.25, 0.3) is 0 Å². The van der Waals surface area contributed by atoms with Crippen molar-refractivity contribution >= 4 is 34.5 Å². The zero-order chi connectivity index (χ0) is 12.5. The van der Waals surface area contributed by atoms with Crippen molar-refractivity contribution in [3.63, 3.8) is 0 Å². The second-order valence-electron chi connectivity index (χ2n) is 3.91. The molecule has 0 N–H and O–H groups in total. The maximum atomic E-state index is 5.15. The summed E-state index contributed by atoms with van der Waals surface area (Å²) in [4.78, 5) is 0. The highest BCUT2D eigenvalue weighted by atomic mass is 79.9. The van der Waals surface area contributed by atoms with E-state index in [1.54, 1.807) is 23.5 Å². The molecule has 7 heteroatoms. The fraction of sp³-hybridized carbons (Fsp3) is 0.250. The number of aromatic nitrogens is 3. The number of ether oxygens (including phenoxy) is 1. The van der Waals surface area contributed by atoms with Crippen LogP contribution in [-0.2, 0) is 0 Å². The van der Waals surface area contributed by atoms with E-state index in [2.05, 4.69) is 15.3 Å². The molecule has 0 atom stereocenters. The van der Waals surface area contributed by atoms with Crippen LogP contribution < -0.4 is 4.74 Å². The predicted molar refractivity (Wildman–Crippen MR) is 80.7 cm³/mol. The number of rotatable bonds is 2. The lowest BCUT2D eigenvalue weighted by atomic mass is 10.1. The van der Waals surface area contributed by atoms with Crippen molar-refractivity contribution in [1.82, 2.24) is 14.9 Å². The van der Waals surface area contributed by atoms with Crippen LogP contribution in [0.2, 0.25) is 0 Å². The van der Waals surface area contributed by atoms with Crippen LogP contribution in [0.5, 0.6) is 5.75 Å². The highest BCUT2D eigenvalue weighted by molar-refractivity contribution is 8.93. The van der Waals surface area contributed by atoms with Crippen LogP contribution in [0, 0.1) is 6.92 Å². The largest absolute Gasteiger partial charge is 0.497 e. The van der Waals surface area contributed by atoms with Crippen LogP contribution in [0.15, 0.2) is 34.5 Å². The molecule has 0 bridgehead atoms. The van der Waals surface area contributed by atoms with Crippen LogP contribution in [-0.4, -0.2) is 33.4 Å². The lowest BCUT2D eigenvalue weighted by Crippen LogP contribution is -2.13. The molecule has 3 rings (SSSR count). The summed E-state index contributed by atoms with van der Waals surface area (Å²) in [5.41, 5.74) is 2.13. The first-order valence-electron chi connectivity index (χ1n) is 5.55. The van der Waals surface area contributed by atoms with E-state index < -0.39 is 0 Å². The van der Waals surface area contributed by atoms with Crippen molar-refractivity contribution in [3.8, 4) is 5.75 Å². The van der Waals surface area contributed by atoms with E-state index in [1.807, 2.05) is 31.2 Å². The normalized spacial score (nSPS) is 13.3. The molecule has 0 amide bonds. The smallest absolute Gasteiger partial charge is 0.212 e. The number of fused-ring (bicyclic) bond motifs is 1. The van der Waals surface area contributed by atoms with Gasteiger partial charge in [-0.15, -0.1) is 27.2 Å². The molecule has 5 nitrogen and oxygen atoms in total. The molecule has 1 aromatic carbocycles. The number of aryl methyl sites for hydroxylation is 1. The quantitative estimate of drug-likeness (QED) is 0.842. The number of thioether (sulfide) groups is 1. The van der Waals surface area contributed by atoms with Crippen LogP contribution in [0.4, 0.5) is 0 Å². The summed E-state index contributed by atoms with van der Waals surface area (Å²) in [6, 6.07) is 7.92. The second kappa shape index (κ2) is 5.75. The zero-order valence-electron chi connectivity index (χ0n) is 10.5. The Morgan fingerprint density at radius 1 is 1.21 bits per heavy atom. The molecule has 1 aliphatic heterocycles. The highest BCUT2D eigenvalue weighted by Gasteiger charge is 2.17. The minimum atomic E-state index is 0. The van der Waals surface area contributed by atoms with Crippen molar-refractivity contribution < 1.29 is 4.74 Å². The maximum Gasteiger partial charge on any atom is 0.212 e. The summed E-state index contributed by atoms with van der Waals surface area (Å²) in [5.74, 6) is 2.47. The molecule has 0 unspecified atom stereocenters. The third-order valence-corrected chi connectivity index (χ3v) is 3.68. The van der Waals surface area contributed by atoms with Gasteiger partial charge in [-0.05, 0) is 36.8 Å². The van der Waals surface area contributed by atoms with Crippen LogP contribution in [0.25, 0.3) is 0 Å². The average molecular weight is 341 g/mol. The Kier molecular flexibility index (Phi) is 4.26. The van der Waals surface area contributed by atoms with E-state index in [9.17, 15) is 0 Å². The second-order valence-corrected chi connectivity index (χ2v) is 4.85. The molecule has 1 aromatic heterocycles.